The Morgan fingerprint density at radius 3 is 2.41 bits per heavy atom. The van der Waals surface area contributed by atoms with Gasteiger partial charge >= 0.3 is 0 Å². The summed E-state index contributed by atoms with van der Waals surface area (Å²) >= 11 is 5.88. The van der Waals surface area contributed by atoms with Crippen molar-refractivity contribution in [3.8, 4) is 0 Å². The third-order valence-electron chi connectivity index (χ3n) is 4.33. The van der Waals surface area contributed by atoms with Gasteiger partial charge in [-0.15, -0.1) is 0 Å². The van der Waals surface area contributed by atoms with Crippen LogP contribution >= 0.6 is 11.6 Å². The Kier molecular flexibility index (Phi) is 8.27. The molecule has 0 aliphatic carbocycles. The van der Waals surface area contributed by atoms with E-state index < -0.39 is 23.3 Å². The Morgan fingerprint density at radius 2 is 1.74 bits per heavy atom. The lowest BCUT2D eigenvalue weighted by Crippen LogP contribution is -2.41. The van der Waals surface area contributed by atoms with Crippen LogP contribution in [-0.4, -0.2) is 22.8 Å². The van der Waals surface area contributed by atoms with Gasteiger partial charge in [0, 0.05) is 29.4 Å². The van der Waals surface area contributed by atoms with Crippen LogP contribution in [0, 0.1) is 0 Å². The monoisotopic (exact) mass is 388 g/mol. The van der Waals surface area contributed by atoms with Crippen molar-refractivity contribution in [3.63, 3.8) is 0 Å². The Labute approximate surface area is 164 Å². The molecule has 0 spiro atoms. The highest BCUT2D eigenvalue weighted by Gasteiger charge is 2.29. The van der Waals surface area contributed by atoms with Crippen LogP contribution in [0.25, 0.3) is 0 Å². The SMILES string of the molecule is CCCCCCCNC(=O)C(C(=O)c1ccc(Cl)cc1)n1ccccc1=O. The number of benzene rings is 1. The van der Waals surface area contributed by atoms with Crippen LogP contribution in [0.2, 0.25) is 5.02 Å². The first-order valence-corrected chi connectivity index (χ1v) is 9.67. The molecule has 1 aromatic carbocycles. The van der Waals surface area contributed by atoms with E-state index in [1.807, 2.05) is 0 Å². The molecule has 2 aromatic rings. The number of amides is 1. The average molecular weight is 389 g/mol. The quantitative estimate of drug-likeness (QED) is 0.380. The number of halogens is 1. The van der Waals surface area contributed by atoms with E-state index in [4.69, 9.17) is 11.6 Å². The molecule has 1 aromatic heterocycles. The van der Waals surface area contributed by atoms with Gasteiger partial charge < -0.3 is 5.32 Å². The molecule has 144 valence electrons. The molecule has 0 radical (unpaired) electrons. The minimum Gasteiger partial charge on any atom is -0.354 e. The number of nitrogens with zero attached hydrogens (tertiary/aromatic N) is 1. The summed E-state index contributed by atoms with van der Waals surface area (Å²) in [6.45, 7) is 2.63. The first-order chi connectivity index (χ1) is 13.0. The fraction of sp³-hybridized carbons (Fsp3) is 0.381. The third-order valence-corrected chi connectivity index (χ3v) is 4.59. The van der Waals surface area contributed by atoms with Crippen molar-refractivity contribution in [2.45, 2.75) is 45.1 Å². The molecule has 5 nitrogen and oxygen atoms in total. The molecule has 6 heteroatoms. The fourth-order valence-electron chi connectivity index (χ4n) is 2.83. The minimum absolute atomic E-state index is 0.332. The smallest absolute Gasteiger partial charge is 0.251 e. The van der Waals surface area contributed by atoms with Gasteiger partial charge in [0.2, 0.25) is 0 Å². The summed E-state index contributed by atoms with van der Waals surface area (Å²) in [5.74, 6) is -0.915. The molecule has 2 rings (SSSR count). The zero-order chi connectivity index (χ0) is 19.6. The van der Waals surface area contributed by atoms with Gasteiger partial charge in [-0.2, -0.15) is 0 Å². The van der Waals surface area contributed by atoms with Crippen LogP contribution in [0.3, 0.4) is 0 Å². The van der Waals surface area contributed by atoms with Gasteiger partial charge in [0.15, 0.2) is 11.8 Å². The summed E-state index contributed by atoms with van der Waals surface area (Å²) in [6, 6.07) is 9.59. The van der Waals surface area contributed by atoms with Crippen molar-refractivity contribution < 1.29 is 9.59 Å². The first kappa shape index (κ1) is 20.9. The summed E-state index contributed by atoms with van der Waals surface area (Å²) in [6.07, 6.45) is 6.78. The number of aromatic nitrogens is 1. The van der Waals surface area contributed by atoms with Crippen molar-refractivity contribution in [2.75, 3.05) is 6.54 Å². The topological polar surface area (TPSA) is 68.2 Å². The molecule has 0 aliphatic rings. The van der Waals surface area contributed by atoms with E-state index in [1.54, 1.807) is 36.4 Å². The molecule has 0 aliphatic heterocycles. The predicted molar refractivity (Wildman–Crippen MR) is 107 cm³/mol. The second-order valence-electron chi connectivity index (χ2n) is 6.43. The number of carbonyl (C=O) groups is 2. The van der Waals surface area contributed by atoms with E-state index in [0.29, 0.717) is 17.1 Å². The van der Waals surface area contributed by atoms with Crippen molar-refractivity contribution in [2.24, 2.45) is 0 Å². The third kappa shape index (κ3) is 6.07. The number of nitrogens with one attached hydrogen (secondary N) is 1. The van der Waals surface area contributed by atoms with Crippen LogP contribution in [0.15, 0.2) is 53.5 Å². The van der Waals surface area contributed by atoms with E-state index in [9.17, 15) is 14.4 Å². The minimum atomic E-state index is -1.24. The maximum atomic E-state index is 13.0. The summed E-state index contributed by atoms with van der Waals surface area (Å²) in [4.78, 5) is 37.9. The molecule has 1 heterocycles. The van der Waals surface area contributed by atoms with Crippen molar-refractivity contribution in [1.82, 2.24) is 9.88 Å². The van der Waals surface area contributed by atoms with Crippen LogP contribution in [0.1, 0.15) is 55.4 Å². The molecule has 0 bridgehead atoms. The highest BCUT2D eigenvalue weighted by Crippen LogP contribution is 2.16. The van der Waals surface area contributed by atoms with Crippen molar-refractivity contribution in [1.29, 1.82) is 0 Å². The number of ketones is 1. The van der Waals surface area contributed by atoms with Gasteiger partial charge in [-0.05, 0) is 36.8 Å². The van der Waals surface area contributed by atoms with E-state index in [-0.39, 0.29) is 0 Å². The lowest BCUT2D eigenvalue weighted by atomic mass is 10.0. The molecule has 0 saturated heterocycles. The molecule has 1 unspecified atom stereocenters. The average Bonchev–Trinajstić information content (AvgIpc) is 2.67. The molecule has 0 saturated carbocycles. The zero-order valence-electron chi connectivity index (χ0n) is 15.5. The maximum absolute atomic E-state index is 13.0. The fourth-order valence-corrected chi connectivity index (χ4v) is 2.96. The maximum Gasteiger partial charge on any atom is 0.251 e. The zero-order valence-corrected chi connectivity index (χ0v) is 16.2. The van der Waals surface area contributed by atoms with Crippen LogP contribution in [-0.2, 0) is 4.79 Å². The predicted octanol–water partition coefficient (Wildman–Crippen LogP) is 4.01. The number of rotatable bonds is 10. The second-order valence-corrected chi connectivity index (χ2v) is 6.86. The number of Topliss-reactive ketones (excluding diaryl/α,β-unsaturated/α-hetero) is 1. The lowest BCUT2D eigenvalue weighted by Gasteiger charge is -2.18. The molecule has 0 fully saturated rings. The van der Waals surface area contributed by atoms with Crippen LogP contribution in [0.5, 0.6) is 0 Å². The number of carbonyl (C=O) groups excluding carboxylic acids is 2. The second kappa shape index (κ2) is 10.7. The molecular weight excluding hydrogens is 364 g/mol. The van der Waals surface area contributed by atoms with Crippen molar-refractivity contribution >= 4 is 23.3 Å². The highest BCUT2D eigenvalue weighted by atomic mass is 35.5. The van der Waals surface area contributed by atoms with Gasteiger partial charge in [-0.3, -0.25) is 19.0 Å². The van der Waals surface area contributed by atoms with Gasteiger partial charge in [0.1, 0.15) is 0 Å². The number of hydrogen-bond donors (Lipinski definition) is 1. The number of hydrogen-bond acceptors (Lipinski definition) is 3. The van der Waals surface area contributed by atoms with E-state index >= 15 is 0 Å². The summed E-state index contributed by atoms with van der Waals surface area (Å²) in [5, 5.41) is 3.30. The largest absolute Gasteiger partial charge is 0.354 e. The van der Waals surface area contributed by atoms with Gasteiger partial charge in [0.25, 0.3) is 11.5 Å². The van der Waals surface area contributed by atoms with E-state index in [2.05, 4.69) is 12.2 Å². The number of pyridine rings is 1. The number of unbranched alkanes of at least 4 members (excludes halogenated alkanes) is 4. The van der Waals surface area contributed by atoms with Gasteiger partial charge in [0.05, 0.1) is 0 Å². The summed E-state index contributed by atoms with van der Waals surface area (Å²) in [7, 11) is 0. The molecule has 1 N–H and O–H groups in total. The molecular formula is C21H25ClN2O3. The standard InChI is InChI=1S/C21H25ClN2O3/c1-2-3-4-5-7-14-23-21(27)19(24-15-8-6-9-18(24)25)20(26)16-10-12-17(22)13-11-16/h6,8-13,15,19H,2-5,7,14H2,1H3,(H,23,27). The Morgan fingerprint density at radius 1 is 1.04 bits per heavy atom. The van der Waals surface area contributed by atoms with E-state index in [1.165, 1.54) is 23.3 Å². The first-order valence-electron chi connectivity index (χ1n) is 9.29. The molecule has 1 atom stereocenters. The summed E-state index contributed by atoms with van der Waals surface area (Å²) < 4.78 is 1.17. The van der Waals surface area contributed by atoms with Gasteiger partial charge in [-0.1, -0.05) is 50.3 Å². The normalized spacial score (nSPS) is 11.8. The Balaban J connectivity index is 2.16. The van der Waals surface area contributed by atoms with Crippen LogP contribution in [0.4, 0.5) is 0 Å². The lowest BCUT2D eigenvalue weighted by molar-refractivity contribution is -0.123. The Bertz CT molecular complexity index is 815. The highest BCUT2D eigenvalue weighted by molar-refractivity contribution is 6.30. The Hall–Kier alpha value is -2.40. The molecule has 27 heavy (non-hydrogen) atoms. The summed E-state index contributed by atoms with van der Waals surface area (Å²) in [5.41, 5.74) is -0.0684. The van der Waals surface area contributed by atoms with E-state index in [0.717, 1.165) is 25.7 Å². The van der Waals surface area contributed by atoms with Crippen molar-refractivity contribution in [3.05, 3.63) is 69.6 Å². The van der Waals surface area contributed by atoms with Gasteiger partial charge in [-0.25, -0.2) is 0 Å². The molecule has 1 amide bonds. The van der Waals surface area contributed by atoms with Crippen LogP contribution < -0.4 is 10.9 Å².